The standard InChI is InChI=1S/C13H21N.3C2H6/c1-5-7-12-10(3)9-14-11(4)13(12)8-6-2;3*1-2/h9H,5-8H2,1-4H3;3*1-2H3. The van der Waals surface area contributed by atoms with Gasteiger partial charge in [0.15, 0.2) is 0 Å². The van der Waals surface area contributed by atoms with Gasteiger partial charge in [-0.05, 0) is 43.4 Å². The second-order valence-corrected chi connectivity index (χ2v) is 3.98. The summed E-state index contributed by atoms with van der Waals surface area (Å²) in [6.45, 7) is 20.8. The van der Waals surface area contributed by atoms with Gasteiger partial charge in [-0.2, -0.15) is 0 Å². The predicted molar refractivity (Wildman–Crippen MR) is 95.7 cm³/mol. The molecule has 1 aromatic rings. The molecule has 0 unspecified atom stereocenters. The summed E-state index contributed by atoms with van der Waals surface area (Å²) in [7, 11) is 0. The van der Waals surface area contributed by atoms with Crippen molar-refractivity contribution in [2.75, 3.05) is 0 Å². The van der Waals surface area contributed by atoms with Gasteiger partial charge in [0.05, 0.1) is 0 Å². The molecule has 0 bridgehead atoms. The van der Waals surface area contributed by atoms with Crippen LogP contribution < -0.4 is 0 Å². The molecule has 0 atom stereocenters. The Labute approximate surface area is 129 Å². The fraction of sp³-hybridized carbons (Fsp3) is 0.737. The first-order valence-electron chi connectivity index (χ1n) is 8.64. The fourth-order valence-electron chi connectivity index (χ4n) is 1.99. The van der Waals surface area contributed by atoms with Crippen molar-refractivity contribution >= 4 is 0 Å². The zero-order chi connectivity index (χ0) is 16.6. The molecule has 0 aliphatic rings. The largest absolute Gasteiger partial charge is 0.261 e. The Morgan fingerprint density at radius 1 is 0.750 bits per heavy atom. The van der Waals surface area contributed by atoms with Gasteiger partial charge in [0.1, 0.15) is 0 Å². The van der Waals surface area contributed by atoms with Crippen molar-refractivity contribution < 1.29 is 0 Å². The highest BCUT2D eigenvalue weighted by Crippen LogP contribution is 2.19. The summed E-state index contributed by atoms with van der Waals surface area (Å²) in [6, 6.07) is 0. The summed E-state index contributed by atoms with van der Waals surface area (Å²) in [6.07, 6.45) is 6.82. The lowest BCUT2D eigenvalue weighted by molar-refractivity contribution is 0.833. The Bertz CT molecular complexity index is 272. The van der Waals surface area contributed by atoms with Gasteiger partial charge in [0.25, 0.3) is 0 Å². The number of hydrogen-bond donors (Lipinski definition) is 0. The minimum Gasteiger partial charge on any atom is -0.261 e. The molecule has 0 fully saturated rings. The zero-order valence-corrected chi connectivity index (χ0v) is 15.9. The van der Waals surface area contributed by atoms with Crippen molar-refractivity contribution in [1.82, 2.24) is 4.98 Å². The molecule has 0 aromatic carbocycles. The first kappa shape index (κ1) is 24.2. The maximum absolute atomic E-state index is 4.44. The number of hydrogen-bond acceptors (Lipinski definition) is 1. The van der Waals surface area contributed by atoms with Crippen LogP contribution in [0.3, 0.4) is 0 Å². The van der Waals surface area contributed by atoms with Crippen LogP contribution in [0, 0.1) is 13.8 Å². The summed E-state index contributed by atoms with van der Waals surface area (Å²) in [5.74, 6) is 0. The summed E-state index contributed by atoms with van der Waals surface area (Å²) < 4.78 is 0. The van der Waals surface area contributed by atoms with E-state index in [-0.39, 0.29) is 0 Å². The van der Waals surface area contributed by atoms with Crippen LogP contribution in [0.4, 0.5) is 0 Å². The van der Waals surface area contributed by atoms with E-state index in [9.17, 15) is 0 Å². The zero-order valence-electron chi connectivity index (χ0n) is 15.9. The van der Waals surface area contributed by atoms with E-state index in [0.717, 1.165) is 0 Å². The third kappa shape index (κ3) is 9.12. The number of rotatable bonds is 4. The highest BCUT2D eigenvalue weighted by Gasteiger charge is 2.08. The van der Waals surface area contributed by atoms with Gasteiger partial charge in [-0.1, -0.05) is 68.2 Å². The van der Waals surface area contributed by atoms with E-state index in [1.165, 1.54) is 42.5 Å². The molecule has 1 aromatic heterocycles. The summed E-state index contributed by atoms with van der Waals surface area (Å²) in [4.78, 5) is 4.44. The second kappa shape index (κ2) is 18.1. The van der Waals surface area contributed by atoms with Crippen LogP contribution in [0.5, 0.6) is 0 Å². The molecule has 0 aliphatic heterocycles. The lowest BCUT2D eigenvalue weighted by Crippen LogP contribution is -2.02. The molecule has 0 radical (unpaired) electrons. The second-order valence-electron chi connectivity index (χ2n) is 3.98. The maximum atomic E-state index is 4.44. The van der Waals surface area contributed by atoms with Gasteiger partial charge in [-0.25, -0.2) is 0 Å². The lowest BCUT2D eigenvalue weighted by atomic mass is 9.95. The smallest absolute Gasteiger partial charge is 0.0407 e. The van der Waals surface area contributed by atoms with Gasteiger partial charge in [0.2, 0.25) is 0 Å². The van der Waals surface area contributed by atoms with E-state index in [1.807, 2.05) is 47.7 Å². The number of nitrogens with zero attached hydrogens (tertiary/aromatic N) is 1. The van der Waals surface area contributed by atoms with Crippen LogP contribution in [0.25, 0.3) is 0 Å². The molecule has 1 rings (SSSR count). The van der Waals surface area contributed by atoms with E-state index < -0.39 is 0 Å². The van der Waals surface area contributed by atoms with Crippen LogP contribution in [0.15, 0.2) is 6.20 Å². The van der Waals surface area contributed by atoms with Crippen LogP contribution >= 0.6 is 0 Å². The van der Waals surface area contributed by atoms with Gasteiger partial charge in [-0.3, -0.25) is 4.98 Å². The highest BCUT2D eigenvalue weighted by molar-refractivity contribution is 5.35. The molecule has 0 saturated heterocycles. The Hall–Kier alpha value is -0.850. The summed E-state index contributed by atoms with van der Waals surface area (Å²) >= 11 is 0. The van der Waals surface area contributed by atoms with E-state index in [4.69, 9.17) is 0 Å². The molecule has 1 heteroatoms. The van der Waals surface area contributed by atoms with Gasteiger partial charge >= 0.3 is 0 Å². The number of aromatic nitrogens is 1. The third-order valence-corrected chi connectivity index (χ3v) is 2.73. The van der Waals surface area contributed by atoms with Crippen molar-refractivity contribution in [3.05, 3.63) is 28.6 Å². The third-order valence-electron chi connectivity index (χ3n) is 2.73. The molecule has 1 nitrogen and oxygen atoms in total. The fourth-order valence-corrected chi connectivity index (χ4v) is 1.99. The molecule has 0 amide bonds. The van der Waals surface area contributed by atoms with E-state index >= 15 is 0 Å². The first-order valence-corrected chi connectivity index (χ1v) is 8.64. The topological polar surface area (TPSA) is 12.9 Å². The summed E-state index contributed by atoms with van der Waals surface area (Å²) in [5, 5.41) is 0. The van der Waals surface area contributed by atoms with Crippen LogP contribution in [-0.4, -0.2) is 4.98 Å². The van der Waals surface area contributed by atoms with Gasteiger partial charge in [0, 0.05) is 11.9 Å². The number of pyridine rings is 1. The minimum absolute atomic E-state index is 1.18. The Morgan fingerprint density at radius 3 is 1.55 bits per heavy atom. The van der Waals surface area contributed by atoms with Crippen molar-refractivity contribution in [1.29, 1.82) is 0 Å². The number of aryl methyl sites for hydroxylation is 2. The minimum atomic E-state index is 1.18. The predicted octanol–water partition coefficient (Wildman–Crippen LogP) is 6.68. The Balaban J connectivity index is -0.000000425. The van der Waals surface area contributed by atoms with Crippen LogP contribution in [-0.2, 0) is 12.8 Å². The maximum Gasteiger partial charge on any atom is 0.0407 e. The average Bonchev–Trinajstić information content (AvgIpc) is 2.53. The van der Waals surface area contributed by atoms with Crippen molar-refractivity contribution in [3.63, 3.8) is 0 Å². The average molecular weight is 282 g/mol. The van der Waals surface area contributed by atoms with Crippen molar-refractivity contribution in [2.45, 2.75) is 94.9 Å². The lowest BCUT2D eigenvalue weighted by Gasteiger charge is -2.13. The monoisotopic (exact) mass is 281 g/mol. The first-order chi connectivity index (χ1) is 9.70. The summed E-state index contributed by atoms with van der Waals surface area (Å²) in [5.41, 5.74) is 5.62. The molecule has 0 N–H and O–H groups in total. The van der Waals surface area contributed by atoms with Crippen LogP contribution in [0.1, 0.15) is 90.6 Å². The van der Waals surface area contributed by atoms with Crippen molar-refractivity contribution in [2.24, 2.45) is 0 Å². The molecule has 0 spiro atoms. The quantitative estimate of drug-likeness (QED) is 0.599. The molecular formula is C19H39N. The Morgan fingerprint density at radius 2 is 1.15 bits per heavy atom. The molecule has 0 aliphatic carbocycles. The van der Waals surface area contributed by atoms with Gasteiger partial charge in [-0.15, -0.1) is 0 Å². The van der Waals surface area contributed by atoms with E-state index in [2.05, 4.69) is 32.7 Å². The van der Waals surface area contributed by atoms with Crippen LogP contribution in [0.2, 0.25) is 0 Å². The Kier molecular flexibility index (Phi) is 21.9. The molecule has 1 heterocycles. The van der Waals surface area contributed by atoms with E-state index in [1.54, 1.807) is 5.56 Å². The molecule has 120 valence electrons. The van der Waals surface area contributed by atoms with Crippen molar-refractivity contribution in [3.8, 4) is 0 Å². The highest BCUT2D eigenvalue weighted by atomic mass is 14.7. The molecular weight excluding hydrogens is 242 g/mol. The normalized spacial score (nSPS) is 8.30. The van der Waals surface area contributed by atoms with Gasteiger partial charge < -0.3 is 0 Å². The molecule has 20 heavy (non-hydrogen) atoms. The molecule has 0 saturated carbocycles. The SMILES string of the molecule is CC.CC.CC.CCCc1c(C)cnc(C)c1CCC. The van der Waals surface area contributed by atoms with E-state index in [0.29, 0.717) is 0 Å².